The van der Waals surface area contributed by atoms with E-state index in [0.29, 0.717) is 11.5 Å². The molecule has 0 spiro atoms. The fraction of sp³-hybridized carbons (Fsp3) is 0.217. The minimum Gasteiger partial charge on any atom is -0.465 e. The lowest BCUT2D eigenvalue weighted by Gasteiger charge is -2.14. The number of alkyl halides is 12. The van der Waals surface area contributed by atoms with Crippen LogP contribution in [0.15, 0.2) is 39.4 Å². The lowest BCUT2D eigenvalue weighted by atomic mass is 10.3. The van der Waals surface area contributed by atoms with Crippen LogP contribution in [0.2, 0.25) is 0 Å². The summed E-state index contributed by atoms with van der Waals surface area (Å²) in [5, 5.41) is 0. The lowest BCUT2D eigenvalue weighted by molar-refractivity contribution is 0.525. The number of nitrogens with zero attached hydrogens (tertiary/aromatic N) is 6. The maximum Gasteiger partial charge on any atom is 0.250 e. The van der Waals surface area contributed by atoms with Crippen molar-refractivity contribution in [2.45, 2.75) is 22.1 Å². The predicted octanol–water partition coefficient (Wildman–Crippen LogP) is 10.9. The molecule has 0 amide bonds. The number of aryl methyl sites for hydroxylation is 1. The maximum absolute atomic E-state index is 5.78. The molecule has 0 N–H and O–H groups in total. The van der Waals surface area contributed by atoms with E-state index in [-0.39, 0.29) is 34.9 Å². The molecule has 0 aliphatic carbocycles. The Morgan fingerprint density at radius 1 is 0.512 bits per heavy atom. The van der Waals surface area contributed by atoms with E-state index in [9.17, 15) is 0 Å². The van der Waals surface area contributed by atoms with Crippen molar-refractivity contribution in [1.29, 1.82) is 0 Å². The monoisotopic (exact) mass is 824 g/mol. The smallest absolute Gasteiger partial charge is 0.250 e. The van der Waals surface area contributed by atoms with E-state index >= 15 is 0 Å². The van der Waals surface area contributed by atoms with Gasteiger partial charge in [-0.05, 0) is 55.5 Å². The quantitative estimate of drug-likeness (QED) is 0.187. The Hall–Kier alpha value is -0.460. The summed E-state index contributed by atoms with van der Waals surface area (Å²) in [4.78, 5) is 23.7. The van der Waals surface area contributed by atoms with Gasteiger partial charge in [-0.25, -0.2) is 29.9 Å². The van der Waals surface area contributed by atoms with Gasteiger partial charge in [-0.2, -0.15) is 0 Å². The lowest BCUT2D eigenvalue weighted by Crippen LogP contribution is -2.16. The molecule has 4 aromatic heterocycles. The van der Waals surface area contributed by atoms with Crippen LogP contribution in [0, 0.1) is 6.92 Å². The molecule has 0 aromatic carbocycles. The van der Waals surface area contributed by atoms with E-state index in [1.165, 1.54) is 18.4 Å². The first-order valence-electron chi connectivity index (χ1n) is 11.0. The highest BCUT2D eigenvalue weighted by Gasteiger charge is 2.34. The summed E-state index contributed by atoms with van der Waals surface area (Å²) >= 11 is 69.2. The van der Waals surface area contributed by atoms with Gasteiger partial charge in [0.25, 0.3) is 0 Å². The number of furan rings is 2. The molecule has 0 aliphatic rings. The van der Waals surface area contributed by atoms with E-state index < -0.39 is 15.2 Å². The molecule has 230 valence electrons. The molecule has 4 aromatic rings. The fourth-order valence-corrected chi connectivity index (χ4v) is 3.70. The molecular formula is C23H12Cl12N6O2. The van der Waals surface area contributed by atoms with E-state index in [1.807, 2.05) is 13.0 Å². The summed E-state index contributed by atoms with van der Waals surface area (Å²) in [5.74, 6) is 1.67. The van der Waals surface area contributed by atoms with Gasteiger partial charge >= 0.3 is 0 Å². The highest BCUT2D eigenvalue weighted by Crippen LogP contribution is 2.41. The second-order valence-corrected chi connectivity index (χ2v) is 16.9. The van der Waals surface area contributed by atoms with Gasteiger partial charge in [0.2, 0.25) is 15.2 Å². The molecule has 0 aliphatic heterocycles. The fourth-order valence-electron chi connectivity index (χ4n) is 2.68. The van der Waals surface area contributed by atoms with Gasteiger partial charge in [0.1, 0.15) is 17.3 Å². The zero-order valence-electron chi connectivity index (χ0n) is 20.7. The third-order valence-electron chi connectivity index (χ3n) is 4.42. The van der Waals surface area contributed by atoms with Gasteiger partial charge in [0.05, 0.1) is 6.26 Å². The normalized spacial score (nSPS) is 13.0. The first-order valence-corrected chi connectivity index (χ1v) is 15.5. The largest absolute Gasteiger partial charge is 0.465 e. The van der Waals surface area contributed by atoms with Gasteiger partial charge in [0, 0.05) is 0 Å². The molecule has 20 heteroatoms. The van der Waals surface area contributed by atoms with E-state index in [2.05, 4.69) is 29.9 Å². The molecule has 0 radical (unpaired) electrons. The van der Waals surface area contributed by atoms with Crippen LogP contribution in [-0.2, 0) is 15.2 Å². The van der Waals surface area contributed by atoms with Crippen molar-refractivity contribution in [3.8, 4) is 0 Å². The molecule has 0 saturated heterocycles. The summed E-state index contributed by atoms with van der Waals surface area (Å²) in [5.41, 5.74) is 0. The SMILES string of the molecule is Cc1ccc(C=Cc2nc(C(Cl)(Cl)Cl)nc(C(Cl)(Cl)Cl)n2)o1.ClC(Cl)(Cl)c1nc(C=Cc2ccco2)nc(C(Cl)(Cl)Cl)n1. The Bertz CT molecular complexity index is 1520. The van der Waals surface area contributed by atoms with Gasteiger partial charge < -0.3 is 8.83 Å². The van der Waals surface area contributed by atoms with Crippen molar-refractivity contribution in [1.82, 2.24) is 29.9 Å². The van der Waals surface area contributed by atoms with Crippen LogP contribution < -0.4 is 0 Å². The van der Waals surface area contributed by atoms with Crippen LogP contribution in [0.5, 0.6) is 0 Å². The Morgan fingerprint density at radius 3 is 1.21 bits per heavy atom. The second-order valence-electron chi connectivity index (χ2n) is 7.80. The molecule has 4 heterocycles. The minimum absolute atomic E-state index is 0.149. The van der Waals surface area contributed by atoms with Crippen molar-refractivity contribution < 1.29 is 8.83 Å². The molecule has 0 unspecified atom stereocenters. The summed E-state index contributed by atoms with van der Waals surface area (Å²) in [6.45, 7) is 1.82. The minimum atomic E-state index is -1.88. The number of hydrogen-bond acceptors (Lipinski definition) is 8. The van der Waals surface area contributed by atoms with Crippen molar-refractivity contribution >= 4 is 164 Å². The number of halogens is 12. The third kappa shape index (κ3) is 12.0. The molecule has 43 heavy (non-hydrogen) atoms. The number of aromatic nitrogens is 6. The van der Waals surface area contributed by atoms with Crippen molar-refractivity contribution in [2.24, 2.45) is 0 Å². The zero-order valence-corrected chi connectivity index (χ0v) is 29.8. The second kappa shape index (κ2) is 15.0. The number of rotatable bonds is 4. The van der Waals surface area contributed by atoms with Crippen LogP contribution >= 0.6 is 139 Å². The molecular weight excluding hydrogens is 818 g/mol. The maximum atomic E-state index is 5.78. The van der Waals surface area contributed by atoms with Crippen molar-refractivity contribution in [3.63, 3.8) is 0 Å². The summed E-state index contributed by atoms with van der Waals surface area (Å²) in [7, 11) is 0. The van der Waals surface area contributed by atoms with Crippen LogP contribution in [0.3, 0.4) is 0 Å². The molecule has 0 saturated carbocycles. The third-order valence-corrected chi connectivity index (χ3v) is 6.45. The van der Waals surface area contributed by atoms with Crippen LogP contribution in [-0.4, -0.2) is 29.9 Å². The molecule has 8 nitrogen and oxygen atoms in total. The zero-order chi connectivity index (χ0) is 32.2. The Balaban J connectivity index is 0.000000236. The topological polar surface area (TPSA) is 104 Å². The molecule has 4 rings (SSSR count). The summed E-state index contributed by atoms with van der Waals surface area (Å²) in [6.07, 6.45) is 7.80. The first-order chi connectivity index (χ1) is 19.7. The van der Waals surface area contributed by atoms with Crippen LogP contribution in [0.25, 0.3) is 24.3 Å². The first kappa shape index (κ1) is 37.0. The van der Waals surface area contributed by atoms with Crippen LogP contribution in [0.4, 0.5) is 0 Å². The Kier molecular flexibility index (Phi) is 12.9. The average Bonchev–Trinajstić information content (AvgIpc) is 3.56. The molecule has 0 fully saturated rings. The predicted molar refractivity (Wildman–Crippen MR) is 177 cm³/mol. The summed E-state index contributed by atoms with van der Waals surface area (Å²) in [6, 6.07) is 7.06. The highest BCUT2D eigenvalue weighted by atomic mass is 35.6. The Labute approximate surface area is 304 Å². The molecule has 0 atom stereocenters. The van der Waals surface area contributed by atoms with Crippen molar-refractivity contribution in [3.05, 3.63) is 82.8 Å². The van der Waals surface area contributed by atoms with Gasteiger partial charge in [-0.15, -0.1) is 0 Å². The summed E-state index contributed by atoms with van der Waals surface area (Å²) < 4.78 is 3.02. The van der Waals surface area contributed by atoms with Gasteiger partial charge in [0.15, 0.2) is 34.9 Å². The van der Waals surface area contributed by atoms with E-state index in [0.717, 1.165) is 5.76 Å². The van der Waals surface area contributed by atoms with Gasteiger partial charge in [-0.3, -0.25) is 0 Å². The standard InChI is InChI=1S/C12H7Cl6N3O.C11H5Cl6N3O/c1-6-2-3-7(22-6)4-5-8-19-9(11(13,14)15)21-10(20-8)12(16,17)18;12-10(13,14)8-18-7(4-3-6-2-1-5-21-6)19-9(20-8)11(15,16)17/h2-5H,1H3;1-5H. The highest BCUT2D eigenvalue weighted by molar-refractivity contribution is 6.68. The van der Waals surface area contributed by atoms with Crippen molar-refractivity contribution in [2.75, 3.05) is 0 Å². The average molecular weight is 830 g/mol. The van der Waals surface area contributed by atoms with E-state index in [4.69, 9.17) is 148 Å². The van der Waals surface area contributed by atoms with Crippen LogP contribution in [0.1, 0.15) is 52.2 Å². The Morgan fingerprint density at radius 2 is 0.907 bits per heavy atom. The molecule has 0 bridgehead atoms. The number of hydrogen-bond donors (Lipinski definition) is 0. The van der Waals surface area contributed by atoms with Gasteiger partial charge in [-0.1, -0.05) is 139 Å². The van der Waals surface area contributed by atoms with E-state index in [1.54, 1.807) is 30.4 Å².